The molecule has 0 saturated carbocycles. The van der Waals surface area contributed by atoms with Crippen LogP contribution in [0.25, 0.3) is 28.1 Å². The first-order valence-electron chi connectivity index (χ1n) is 6.62. The summed E-state index contributed by atoms with van der Waals surface area (Å²) in [5.74, 6) is 1.21. The Morgan fingerprint density at radius 3 is 3.10 bits per heavy atom. The summed E-state index contributed by atoms with van der Waals surface area (Å²) in [6, 6.07) is 6.21. The highest BCUT2D eigenvalue weighted by Crippen LogP contribution is 2.30. The zero-order valence-corrected chi connectivity index (χ0v) is 11.0. The van der Waals surface area contributed by atoms with Crippen LogP contribution in [0.1, 0.15) is 5.69 Å². The number of nitrogens with zero attached hydrogens (tertiary/aromatic N) is 5. The van der Waals surface area contributed by atoms with Crippen molar-refractivity contribution in [2.75, 3.05) is 0 Å². The zero-order chi connectivity index (χ0) is 13.3. The minimum absolute atomic E-state index is 0.847. The Balaban J connectivity index is 2.03. The normalized spacial score (nSPS) is 13.1. The molecule has 0 atom stereocenters. The Kier molecular flexibility index (Phi) is 1.65. The molecule has 0 saturated heterocycles. The van der Waals surface area contributed by atoms with Gasteiger partial charge in [-0.25, -0.2) is 4.57 Å². The van der Waals surface area contributed by atoms with Gasteiger partial charge in [-0.15, -0.1) is 0 Å². The average molecular weight is 262 g/mol. The highest BCUT2D eigenvalue weighted by Gasteiger charge is 2.33. The van der Waals surface area contributed by atoms with E-state index in [4.69, 9.17) is 0 Å². The van der Waals surface area contributed by atoms with E-state index >= 15 is 0 Å². The summed E-state index contributed by atoms with van der Waals surface area (Å²) >= 11 is 0. The minimum atomic E-state index is 0.847. The fourth-order valence-electron chi connectivity index (χ4n) is 3.24. The first-order chi connectivity index (χ1) is 9.84. The van der Waals surface area contributed by atoms with Crippen LogP contribution in [0.3, 0.4) is 0 Å². The first-order valence-corrected chi connectivity index (χ1v) is 6.62. The lowest BCUT2D eigenvalue weighted by Gasteiger charge is -1.92. The summed E-state index contributed by atoms with van der Waals surface area (Å²) in [4.78, 5) is 8.72. The van der Waals surface area contributed by atoms with E-state index in [9.17, 15) is 0 Å². The van der Waals surface area contributed by atoms with Crippen LogP contribution >= 0.6 is 0 Å². The lowest BCUT2D eigenvalue weighted by molar-refractivity contribution is -0.670. The van der Waals surface area contributed by atoms with E-state index < -0.39 is 0 Å². The number of fused-ring (bicyclic) bond motifs is 7. The van der Waals surface area contributed by atoms with Crippen molar-refractivity contribution < 1.29 is 4.57 Å². The average Bonchev–Trinajstić information content (AvgIpc) is 3.08. The number of hydrogen-bond donors (Lipinski definition) is 0. The van der Waals surface area contributed by atoms with Crippen molar-refractivity contribution >= 4 is 16.7 Å². The third kappa shape index (κ3) is 1.02. The van der Waals surface area contributed by atoms with Crippen LogP contribution in [0.2, 0.25) is 0 Å². The van der Waals surface area contributed by atoms with Gasteiger partial charge in [-0.05, 0) is 12.1 Å². The van der Waals surface area contributed by atoms with Gasteiger partial charge in [-0.1, -0.05) is 0 Å². The van der Waals surface area contributed by atoms with Crippen molar-refractivity contribution in [3.8, 4) is 11.4 Å². The molecular weight excluding hydrogens is 250 g/mol. The monoisotopic (exact) mass is 262 g/mol. The van der Waals surface area contributed by atoms with Crippen LogP contribution in [0.4, 0.5) is 0 Å². The number of aryl methyl sites for hydroxylation is 1. The second-order valence-corrected chi connectivity index (χ2v) is 5.20. The third-order valence-electron chi connectivity index (χ3n) is 4.16. The molecule has 5 rings (SSSR count). The van der Waals surface area contributed by atoms with Gasteiger partial charge in [0.2, 0.25) is 5.65 Å². The SMILES string of the molecule is Cn1c2cnccc2n2c3[n+](cc12)Cc1ncccc1-3. The van der Waals surface area contributed by atoms with Crippen LogP contribution in [-0.2, 0) is 13.6 Å². The molecule has 0 N–H and O–H groups in total. The molecule has 4 aromatic heterocycles. The molecule has 96 valence electrons. The van der Waals surface area contributed by atoms with Gasteiger partial charge in [0.15, 0.2) is 11.7 Å². The lowest BCUT2D eigenvalue weighted by Crippen LogP contribution is -2.29. The van der Waals surface area contributed by atoms with E-state index in [1.807, 2.05) is 24.7 Å². The number of rotatable bonds is 0. The molecule has 0 amide bonds. The molecule has 0 fully saturated rings. The van der Waals surface area contributed by atoms with Crippen molar-refractivity contribution in [2.24, 2.45) is 7.05 Å². The van der Waals surface area contributed by atoms with Gasteiger partial charge in [0.25, 0.3) is 5.82 Å². The van der Waals surface area contributed by atoms with E-state index in [2.05, 4.69) is 48.9 Å². The predicted octanol–water partition coefficient (Wildman–Crippen LogP) is 1.54. The number of aromatic nitrogens is 5. The van der Waals surface area contributed by atoms with Crippen LogP contribution in [0.15, 0.2) is 43.0 Å². The Morgan fingerprint density at radius 2 is 2.15 bits per heavy atom. The standard InChI is InChI=1S/C15H12N5/c1-18-13-7-16-6-4-12(13)20-14(18)9-19-8-11-10(15(19)20)3-2-5-17-11/h2-7,9H,8H2,1H3/q+1. The van der Waals surface area contributed by atoms with Crippen molar-refractivity contribution in [1.82, 2.24) is 18.9 Å². The molecule has 0 bridgehead atoms. The van der Waals surface area contributed by atoms with Gasteiger partial charge in [0, 0.05) is 25.5 Å². The Bertz CT molecular complexity index is 992. The highest BCUT2D eigenvalue weighted by molar-refractivity contribution is 5.83. The molecule has 5 heteroatoms. The molecule has 5 heterocycles. The summed E-state index contributed by atoms with van der Waals surface area (Å²) in [6.45, 7) is 0.847. The van der Waals surface area contributed by atoms with Gasteiger partial charge >= 0.3 is 0 Å². The van der Waals surface area contributed by atoms with Crippen LogP contribution in [0.5, 0.6) is 0 Å². The van der Waals surface area contributed by atoms with Crippen molar-refractivity contribution in [1.29, 1.82) is 0 Å². The Labute approximate surface area is 114 Å². The van der Waals surface area contributed by atoms with E-state index in [0.29, 0.717) is 0 Å². The smallest absolute Gasteiger partial charge is 0.298 e. The summed E-state index contributed by atoms with van der Waals surface area (Å²) in [5, 5.41) is 0. The summed E-state index contributed by atoms with van der Waals surface area (Å²) < 4.78 is 6.75. The molecule has 1 aliphatic rings. The largest absolute Gasteiger partial charge is 0.303 e. The highest BCUT2D eigenvalue weighted by atomic mass is 15.2. The van der Waals surface area contributed by atoms with Crippen LogP contribution in [-0.4, -0.2) is 18.9 Å². The maximum Gasteiger partial charge on any atom is 0.298 e. The van der Waals surface area contributed by atoms with Gasteiger partial charge in [-0.3, -0.25) is 9.97 Å². The van der Waals surface area contributed by atoms with E-state index in [1.165, 1.54) is 22.6 Å². The molecule has 0 radical (unpaired) electrons. The maximum atomic E-state index is 4.49. The van der Waals surface area contributed by atoms with Crippen molar-refractivity contribution in [3.05, 3.63) is 48.7 Å². The quantitative estimate of drug-likeness (QED) is 0.397. The van der Waals surface area contributed by atoms with E-state index in [0.717, 1.165) is 17.8 Å². The van der Waals surface area contributed by atoms with Crippen molar-refractivity contribution in [3.63, 3.8) is 0 Å². The topological polar surface area (TPSA) is 39.0 Å². The van der Waals surface area contributed by atoms with Gasteiger partial charge < -0.3 is 4.57 Å². The molecule has 0 unspecified atom stereocenters. The number of imidazole rings is 2. The number of pyridine rings is 2. The Hall–Kier alpha value is -2.69. The second kappa shape index (κ2) is 3.25. The molecule has 4 aromatic rings. The molecule has 0 aromatic carbocycles. The maximum absolute atomic E-state index is 4.49. The van der Waals surface area contributed by atoms with Gasteiger partial charge in [0.05, 0.1) is 17.5 Å². The summed E-state index contributed by atoms with van der Waals surface area (Å²) in [5.41, 5.74) is 5.86. The fourth-order valence-corrected chi connectivity index (χ4v) is 3.24. The molecule has 20 heavy (non-hydrogen) atoms. The predicted molar refractivity (Wildman–Crippen MR) is 74.2 cm³/mol. The minimum Gasteiger partial charge on any atom is -0.303 e. The van der Waals surface area contributed by atoms with Gasteiger partial charge in [-0.2, -0.15) is 4.40 Å². The molecule has 1 aliphatic heterocycles. The number of hydrogen-bond acceptors (Lipinski definition) is 2. The summed E-state index contributed by atoms with van der Waals surface area (Å²) in [6.07, 6.45) is 7.81. The van der Waals surface area contributed by atoms with Gasteiger partial charge in [0.1, 0.15) is 12.1 Å². The zero-order valence-electron chi connectivity index (χ0n) is 11.0. The lowest BCUT2D eigenvalue weighted by atomic mass is 10.2. The third-order valence-corrected chi connectivity index (χ3v) is 4.16. The van der Waals surface area contributed by atoms with E-state index in [-0.39, 0.29) is 0 Å². The molecule has 5 nitrogen and oxygen atoms in total. The van der Waals surface area contributed by atoms with Crippen LogP contribution in [0, 0.1) is 0 Å². The second-order valence-electron chi connectivity index (χ2n) is 5.20. The first kappa shape index (κ1) is 10.1. The molecule has 0 aliphatic carbocycles. The molecule has 0 spiro atoms. The van der Waals surface area contributed by atoms with Crippen molar-refractivity contribution in [2.45, 2.75) is 6.54 Å². The van der Waals surface area contributed by atoms with E-state index in [1.54, 1.807) is 0 Å². The molecular formula is C15H12N5+. The summed E-state index contributed by atoms with van der Waals surface area (Å²) in [7, 11) is 2.08. The fraction of sp³-hybridized carbons (Fsp3) is 0.133. The van der Waals surface area contributed by atoms with Crippen LogP contribution < -0.4 is 4.57 Å². The Morgan fingerprint density at radius 1 is 1.20 bits per heavy atom.